The van der Waals surface area contributed by atoms with Gasteiger partial charge in [-0.15, -0.1) is 0 Å². The van der Waals surface area contributed by atoms with Crippen LogP contribution in [0.15, 0.2) is 164 Å². The summed E-state index contributed by atoms with van der Waals surface area (Å²) in [6.45, 7) is 0. The Kier molecular flexibility index (Phi) is 6.14. The van der Waals surface area contributed by atoms with Crippen LogP contribution in [0, 0.1) is 0 Å². The van der Waals surface area contributed by atoms with Gasteiger partial charge in [-0.3, -0.25) is 0 Å². The van der Waals surface area contributed by atoms with Crippen LogP contribution in [0.2, 0.25) is 0 Å². The van der Waals surface area contributed by atoms with Crippen molar-refractivity contribution in [3.63, 3.8) is 0 Å². The van der Waals surface area contributed by atoms with Gasteiger partial charge in [0.05, 0.1) is 0 Å². The van der Waals surface area contributed by atoms with E-state index in [1.807, 2.05) is 60.7 Å². The molecule has 0 atom stereocenters. The highest BCUT2D eigenvalue weighted by atomic mass is 15.0. The van der Waals surface area contributed by atoms with Crippen LogP contribution in [-0.2, 0) is 0 Å². The average molecular weight is 586 g/mol. The zero-order valence-electron chi connectivity index (χ0n) is 24.9. The van der Waals surface area contributed by atoms with Crippen LogP contribution in [0.4, 0.5) is 0 Å². The molecule has 3 heteroatoms. The normalized spacial score (nSPS) is 11.5. The van der Waals surface area contributed by atoms with Gasteiger partial charge >= 0.3 is 0 Å². The van der Waals surface area contributed by atoms with Crippen molar-refractivity contribution in [2.24, 2.45) is 0 Å². The fourth-order valence-electron chi connectivity index (χ4n) is 6.76. The van der Waals surface area contributed by atoms with Crippen LogP contribution in [0.25, 0.3) is 88.4 Å². The van der Waals surface area contributed by atoms with Gasteiger partial charge in [0, 0.05) is 22.3 Å². The lowest BCUT2D eigenvalue weighted by molar-refractivity contribution is 1.07. The molecule has 9 rings (SSSR count). The first-order valence-corrected chi connectivity index (χ1v) is 15.5. The highest BCUT2D eigenvalue weighted by molar-refractivity contribution is 6.26. The summed E-state index contributed by atoms with van der Waals surface area (Å²) in [6.07, 6.45) is 0. The third-order valence-electron chi connectivity index (χ3n) is 8.90. The molecule has 0 aliphatic carbocycles. The van der Waals surface area contributed by atoms with Crippen molar-refractivity contribution in [2.75, 3.05) is 0 Å². The highest BCUT2D eigenvalue weighted by Gasteiger charge is 2.19. The SMILES string of the molecule is c1ccc(-c2nc(-c3ccccc3)nc(-c3ccc4ccccc4c3-c3ccc4c5ccccc5c5ccccc5c4c3)n2)cc1. The van der Waals surface area contributed by atoms with E-state index in [9.17, 15) is 0 Å². The monoisotopic (exact) mass is 585 g/mol. The third-order valence-corrected chi connectivity index (χ3v) is 8.90. The molecule has 46 heavy (non-hydrogen) atoms. The second-order valence-corrected chi connectivity index (χ2v) is 11.6. The van der Waals surface area contributed by atoms with Crippen LogP contribution in [0.1, 0.15) is 0 Å². The van der Waals surface area contributed by atoms with Crippen LogP contribution in [0.5, 0.6) is 0 Å². The maximum absolute atomic E-state index is 5.12. The van der Waals surface area contributed by atoms with Crippen molar-refractivity contribution >= 4 is 43.1 Å². The van der Waals surface area contributed by atoms with Crippen molar-refractivity contribution in [1.82, 2.24) is 15.0 Å². The van der Waals surface area contributed by atoms with Crippen LogP contribution in [0.3, 0.4) is 0 Å². The van der Waals surface area contributed by atoms with Crippen molar-refractivity contribution in [1.29, 1.82) is 0 Å². The number of benzene rings is 8. The molecule has 214 valence electrons. The molecule has 0 spiro atoms. The molecular weight excluding hydrogens is 558 g/mol. The molecule has 0 aliphatic heterocycles. The smallest absolute Gasteiger partial charge is 0.164 e. The number of rotatable bonds is 4. The van der Waals surface area contributed by atoms with Crippen molar-refractivity contribution in [3.8, 4) is 45.3 Å². The van der Waals surface area contributed by atoms with Gasteiger partial charge in [0.1, 0.15) is 0 Å². The summed E-state index contributed by atoms with van der Waals surface area (Å²) in [4.78, 5) is 15.2. The van der Waals surface area contributed by atoms with E-state index in [1.165, 1.54) is 37.7 Å². The van der Waals surface area contributed by atoms with Gasteiger partial charge < -0.3 is 0 Å². The molecule has 9 aromatic rings. The molecule has 8 aromatic carbocycles. The molecule has 0 radical (unpaired) electrons. The van der Waals surface area contributed by atoms with Gasteiger partial charge in [-0.1, -0.05) is 152 Å². The Morgan fingerprint density at radius 3 is 1.33 bits per heavy atom. The number of aromatic nitrogens is 3. The lowest BCUT2D eigenvalue weighted by atomic mass is 9.89. The fourth-order valence-corrected chi connectivity index (χ4v) is 6.76. The van der Waals surface area contributed by atoms with Gasteiger partial charge in [-0.2, -0.15) is 0 Å². The van der Waals surface area contributed by atoms with E-state index < -0.39 is 0 Å². The number of hydrogen-bond acceptors (Lipinski definition) is 3. The zero-order valence-corrected chi connectivity index (χ0v) is 24.9. The van der Waals surface area contributed by atoms with Crippen LogP contribution in [-0.4, -0.2) is 15.0 Å². The number of fused-ring (bicyclic) bond motifs is 7. The van der Waals surface area contributed by atoms with Gasteiger partial charge in [0.15, 0.2) is 17.5 Å². The molecule has 0 unspecified atom stereocenters. The predicted octanol–water partition coefficient (Wildman–Crippen LogP) is 11.2. The largest absolute Gasteiger partial charge is 0.208 e. The Morgan fingerprint density at radius 1 is 0.283 bits per heavy atom. The first-order valence-electron chi connectivity index (χ1n) is 15.5. The predicted molar refractivity (Wildman–Crippen MR) is 192 cm³/mol. The minimum atomic E-state index is 0.650. The molecule has 0 bridgehead atoms. The first-order chi connectivity index (χ1) is 22.8. The quantitative estimate of drug-likeness (QED) is 0.193. The Labute approximate surface area is 266 Å². The van der Waals surface area contributed by atoms with Crippen molar-refractivity contribution < 1.29 is 0 Å². The fraction of sp³-hybridized carbons (Fsp3) is 0. The van der Waals surface area contributed by atoms with Gasteiger partial charge in [0.2, 0.25) is 0 Å². The maximum Gasteiger partial charge on any atom is 0.164 e. The van der Waals surface area contributed by atoms with Crippen LogP contribution >= 0.6 is 0 Å². The molecule has 0 fully saturated rings. The number of nitrogens with zero attached hydrogens (tertiary/aromatic N) is 3. The summed E-state index contributed by atoms with van der Waals surface area (Å²) in [5.74, 6) is 1.95. The zero-order chi connectivity index (χ0) is 30.5. The van der Waals surface area contributed by atoms with E-state index in [0.717, 1.165) is 33.2 Å². The lowest BCUT2D eigenvalue weighted by Gasteiger charge is -2.16. The molecular formula is C43H27N3. The lowest BCUT2D eigenvalue weighted by Crippen LogP contribution is -2.01. The Bertz CT molecular complexity index is 2480. The molecule has 1 aromatic heterocycles. The minimum absolute atomic E-state index is 0.650. The molecule has 1 heterocycles. The second-order valence-electron chi connectivity index (χ2n) is 11.6. The Hall–Kier alpha value is -6.19. The van der Waals surface area contributed by atoms with E-state index >= 15 is 0 Å². The third kappa shape index (κ3) is 4.33. The Morgan fingerprint density at radius 2 is 0.739 bits per heavy atom. The summed E-state index contributed by atoms with van der Waals surface area (Å²) < 4.78 is 0. The summed E-state index contributed by atoms with van der Waals surface area (Å²) in [5, 5.41) is 9.86. The average Bonchev–Trinajstić information content (AvgIpc) is 3.15. The van der Waals surface area contributed by atoms with Gasteiger partial charge in [0.25, 0.3) is 0 Å². The number of hydrogen-bond donors (Lipinski definition) is 0. The standard InChI is InChI=1S/C43H27N3/c1-3-14-29(15-4-1)41-44-42(30-16-5-2-6-17-30)46-43(45-41)38-26-23-28-13-7-8-18-32(28)40(38)31-24-25-37-35-21-10-9-19-33(35)34-20-11-12-22-36(34)39(37)27-31/h1-27H. The summed E-state index contributed by atoms with van der Waals surface area (Å²) >= 11 is 0. The van der Waals surface area contributed by atoms with Crippen molar-refractivity contribution in [2.45, 2.75) is 0 Å². The topological polar surface area (TPSA) is 38.7 Å². The van der Waals surface area contributed by atoms with E-state index in [2.05, 4.69) is 103 Å². The molecule has 0 saturated heterocycles. The van der Waals surface area contributed by atoms with Crippen molar-refractivity contribution in [3.05, 3.63) is 164 Å². The second kappa shape index (κ2) is 10.8. The minimum Gasteiger partial charge on any atom is -0.208 e. The van der Waals surface area contributed by atoms with E-state index in [0.29, 0.717) is 17.5 Å². The van der Waals surface area contributed by atoms with Gasteiger partial charge in [-0.25, -0.2) is 15.0 Å². The van der Waals surface area contributed by atoms with E-state index in [-0.39, 0.29) is 0 Å². The highest BCUT2D eigenvalue weighted by Crippen LogP contribution is 2.42. The Balaban J connectivity index is 1.35. The molecule has 0 N–H and O–H groups in total. The molecule has 0 aliphatic rings. The summed E-state index contributed by atoms with van der Waals surface area (Å²) in [7, 11) is 0. The van der Waals surface area contributed by atoms with Crippen LogP contribution < -0.4 is 0 Å². The molecule has 0 saturated carbocycles. The van der Waals surface area contributed by atoms with E-state index in [1.54, 1.807) is 0 Å². The maximum atomic E-state index is 5.12. The molecule has 0 amide bonds. The summed E-state index contributed by atoms with van der Waals surface area (Å²) in [6, 6.07) is 57.5. The summed E-state index contributed by atoms with van der Waals surface area (Å²) in [5.41, 5.74) is 5.12. The van der Waals surface area contributed by atoms with E-state index in [4.69, 9.17) is 15.0 Å². The first kappa shape index (κ1) is 26.2. The van der Waals surface area contributed by atoms with Gasteiger partial charge in [-0.05, 0) is 60.8 Å². The molecule has 3 nitrogen and oxygen atoms in total.